The maximum atomic E-state index is 11.9. The van der Waals surface area contributed by atoms with Gasteiger partial charge in [0.05, 0.1) is 17.1 Å². The molecule has 0 unspecified atom stereocenters. The summed E-state index contributed by atoms with van der Waals surface area (Å²) in [6.07, 6.45) is 2.72. The molecular formula is C14H20N4O. The van der Waals surface area contributed by atoms with E-state index in [1.54, 1.807) is 0 Å². The molecule has 2 rings (SSSR count). The van der Waals surface area contributed by atoms with Gasteiger partial charge in [0.25, 0.3) is 0 Å². The van der Waals surface area contributed by atoms with Gasteiger partial charge < -0.3 is 16.0 Å². The number of imidazole rings is 1. The molecule has 19 heavy (non-hydrogen) atoms. The van der Waals surface area contributed by atoms with Crippen molar-refractivity contribution in [3.05, 3.63) is 24.0 Å². The first-order valence-electron chi connectivity index (χ1n) is 6.63. The number of carbonyl (C=O) groups is 1. The van der Waals surface area contributed by atoms with Gasteiger partial charge in [-0.15, -0.1) is 0 Å². The first kappa shape index (κ1) is 13.5. The normalized spacial score (nSPS) is 12.6. The van der Waals surface area contributed by atoms with Crippen molar-refractivity contribution < 1.29 is 4.79 Å². The highest BCUT2D eigenvalue weighted by Crippen LogP contribution is 2.17. The Labute approximate surface area is 112 Å². The number of unbranched alkanes of at least 4 members (excludes halogenated alkanes) is 1. The van der Waals surface area contributed by atoms with Crippen LogP contribution in [0.2, 0.25) is 0 Å². The van der Waals surface area contributed by atoms with Crippen molar-refractivity contribution in [2.45, 2.75) is 39.2 Å². The molecule has 5 nitrogen and oxygen atoms in total. The number of anilines is 1. The lowest BCUT2D eigenvalue weighted by molar-refractivity contribution is -0.117. The number of benzene rings is 1. The third-order valence-electron chi connectivity index (χ3n) is 3.07. The number of hydrogen-bond acceptors (Lipinski definition) is 3. The molecule has 0 saturated carbocycles. The van der Waals surface area contributed by atoms with Crippen LogP contribution in [-0.2, 0) is 4.79 Å². The number of carbonyl (C=O) groups excluding carboxylic acids is 1. The monoisotopic (exact) mass is 260 g/mol. The molecule has 4 N–H and O–H groups in total. The highest BCUT2D eigenvalue weighted by Gasteiger charge is 2.13. The van der Waals surface area contributed by atoms with Gasteiger partial charge in [-0.1, -0.05) is 19.8 Å². The number of rotatable bonds is 5. The molecule has 1 atom stereocenters. The van der Waals surface area contributed by atoms with Gasteiger partial charge in [-0.25, -0.2) is 4.98 Å². The first-order valence-corrected chi connectivity index (χ1v) is 6.63. The number of fused-ring (bicyclic) bond motifs is 1. The molecule has 5 heteroatoms. The van der Waals surface area contributed by atoms with Gasteiger partial charge in [-0.05, 0) is 31.5 Å². The number of H-pyrrole nitrogens is 1. The van der Waals surface area contributed by atoms with Gasteiger partial charge in [0, 0.05) is 5.69 Å². The standard InChI is InChI=1S/C14H20N4O/c1-3-4-5-11(15)14(19)18-10-6-7-12-13(8-10)17-9(2)16-12/h6-8,11H,3-5,15H2,1-2H3,(H,16,17)(H,18,19)/t11-/m0/s1. The van der Waals surface area contributed by atoms with Crippen LogP contribution in [0, 0.1) is 6.92 Å². The summed E-state index contributed by atoms with van der Waals surface area (Å²) in [7, 11) is 0. The maximum absolute atomic E-state index is 11.9. The molecule has 0 aliphatic heterocycles. The zero-order valence-electron chi connectivity index (χ0n) is 11.4. The summed E-state index contributed by atoms with van der Waals surface area (Å²) in [5, 5.41) is 2.84. The van der Waals surface area contributed by atoms with Crippen LogP contribution in [0.1, 0.15) is 32.0 Å². The van der Waals surface area contributed by atoms with Crippen LogP contribution in [0.4, 0.5) is 5.69 Å². The lowest BCUT2D eigenvalue weighted by Gasteiger charge is -2.11. The molecule has 0 fully saturated rings. The molecule has 0 bridgehead atoms. The molecule has 102 valence electrons. The Morgan fingerprint density at radius 2 is 2.32 bits per heavy atom. The molecule has 0 saturated heterocycles. The van der Waals surface area contributed by atoms with Gasteiger partial charge in [-0.2, -0.15) is 0 Å². The predicted octanol–water partition coefficient (Wildman–Crippen LogP) is 2.33. The van der Waals surface area contributed by atoms with Crippen molar-refractivity contribution in [1.29, 1.82) is 0 Å². The first-order chi connectivity index (χ1) is 9.10. The van der Waals surface area contributed by atoms with E-state index in [-0.39, 0.29) is 5.91 Å². The van der Waals surface area contributed by atoms with Crippen molar-refractivity contribution in [2.24, 2.45) is 5.73 Å². The summed E-state index contributed by atoms with van der Waals surface area (Å²) >= 11 is 0. The Hall–Kier alpha value is -1.88. The summed E-state index contributed by atoms with van der Waals surface area (Å²) in [5.74, 6) is 0.724. The second-order valence-electron chi connectivity index (χ2n) is 4.79. The molecule has 1 aromatic heterocycles. The van der Waals surface area contributed by atoms with E-state index in [2.05, 4.69) is 22.2 Å². The van der Waals surface area contributed by atoms with Gasteiger partial charge in [-0.3, -0.25) is 4.79 Å². The molecule has 0 aliphatic rings. The van der Waals surface area contributed by atoms with E-state index < -0.39 is 6.04 Å². The van der Waals surface area contributed by atoms with Gasteiger partial charge in [0.1, 0.15) is 5.82 Å². The number of nitrogens with zero attached hydrogens (tertiary/aromatic N) is 1. The Bertz CT molecular complexity index is 576. The lowest BCUT2D eigenvalue weighted by atomic mass is 10.1. The van der Waals surface area contributed by atoms with Gasteiger partial charge >= 0.3 is 0 Å². The summed E-state index contributed by atoms with van der Waals surface area (Å²) < 4.78 is 0. The number of nitrogens with two attached hydrogens (primary N) is 1. The third-order valence-corrected chi connectivity index (χ3v) is 3.07. The summed E-state index contributed by atoms with van der Waals surface area (Å²) in [6, 6.07) is 5.15. The molecule has 2 aromatic rings. The van der Waals surface area contributed by atoms with Gasteiger partial charge in [0.2, 0.25) is 5.91 Å². The molecule has 1 heterocycles. The second-order valence-corrected chi connectivity index (χ2v) is 4.79. The fourth-order valence-electron chi connectivity index (χ4n) is 2.01. The van der Waals surface area contributed by atoms with Crippen LogP contribution in [0.15, 0.2) is 18.2 Å². The minimum atomic E-state index is -0.445. The van der Waals surface area contributed by atoms with Crippen molar-refractivity contribution in [3.8, 4) is 0 Å². The highest BCUT2D eigenvalue weighted by molar-refractivity contribution is 5.96. The zero-order valence-corrected chi connectivity index (χ0v) is 11.4. The van der Waals surface area contributed by atoms with E-state index in [9.17, 15) is 4.79 Å². The van der Waals surface area contributed by atoms with Crippen LogP contribution < -0.4 is 11.1 Å². The largest absolute Gasteiger partial charge is 0.342 e. The molecular weight excluding hydrogens is 240 g/mol. The van der Waals surface area contributed by atoms with Crippen LogP contribution in [-0.4, -0.2) is 21.9 Å². The molecule has 0 spiro atoms. The molecule has 1 aromatic carbocycles. The minimum Gasteiger partial charge on any atom is -0.342 e. The van der Waals surface area contributed by atoms with Crippen LogP contribution in [0.5, 0.6) is 0 Å². The smallest absolute Gasteiger partial charge is 0.241 e. The summed E-state index contributed by atoms with van der Waals surface area (Å²) in [4.78, 5) is 19.4. The highest BCUT2D eigenvalue weighted by atomic mass is 16.2. The summed E-state index contributed by atoms with van der Waals surface area (Å²) in [6.45, 7) is 3.98. The number of nitrogens with one attached hydrogen (secondary N) is 2. The van der Waals surface area contributed by atoms with Gasteiger partial charge in [0.15, 0.2) is 0 Å². The Balaban J connectivity index is 2.06. The van der Waals surface area contributed by atoms with Crippen LogP contribution in [0.25, 0.3) is 11.0 Å². The number of aromatic nitrogens is 2. The van der Waals surface area contributed by atoms with Crippen molar-refractivity contribution in [1.82, 2.24) is 9.97 Å². The quantitative estimate of drug-likeness (QED) is 0.771. The third kappa shape index (κ3) is 3.32. The molecule has 0 radical (unpaired) electrons. The SMILES string of the molecule is CCCC[C@H](N)C(=O)Nc1ccc2nc(C)[nH]c2c1. The van der Waals surface area contributed by atoms with E-state index in [4.69, 9.17) is 5.73 Å². The van der Waals surface area contributed by atoms with Crippen molar-refractivity contribution >= 4 is 22.6 Å². The molecule has 0 aliphatic carbocycles. The fraction of sp³-hybridized carbons (Fsp3) is 0.429. The number of amides is 1. The van der Waals surface area contributed by atoms with E-state index in [1.807, 2.05) is 25.1 Å². The number of aryl methyl sites for hydroxylation is 1. The van der Waals surface area contributed by atoms with Crippen LogP contribution in [0.3, 0.4) is 0 Å². The lowest BCUT2D eigenvalue weighted by Crippen LogP contribution is -2.35. The second kappa shape index (κ2) is 5.84. The van der Waals surface area contributed by atoms with Crippen LogP contribution >= 0.6 is 0 Å². The van der Waals surface area contributed by atoms with Crippen molar-refractivity contribution in [3.63, 3.8) is 0 Å². The fourth-order valence-corrected chi connectivity index (χ4v) is 2.01. The Morgan fingerprint density at radius 3 is 3.05 bits per heavy atom. The number of hydrogen-bond donors (Lipinski definition) is 3. The van der Waals surface area contributed by atoms with E-state index in [0.29, 0.717) is 6.42 Å². The topological polar surface area (TPSA) is 83.8 Å². The maximum Gasteiger partial charge on any atom is 0.241 e. The summed E-state index contributed by atoms with van der Waals surface area (Å²) in [5.41, 5.74) is 8.39. The Morgan fingerprint density at radius 1 is 1.53 bits per heavy atom. The number of aromatic amines is 1. The van der Waals surface area contributed by atoms with E-state index in [1.165, 1.54) is 0 Å². The Kier molecular flexibility index (Phi) is 4.16. The zero-order chi connectivity index (χ0) is 13.8. The molecule has 1 amide bonds. The van der Waals surface area contributed by atoms with E-state index >= 15 is 0 Å². The van der Waals surface area contributed by atoms with E-state index in [0.717, 1.165) is 35.4 Å². The predicted molar refractivity (Wildman–Crippen MR) is 77.0 cm³/mol. The average molecular weight is 260 g/mol. The van der Waals surface area contributed by atoms with Crippen molar-refractivity contribution in [2.75, 3.05) is 5.32 Å². The minimum absolute atomic E-state index is 0.135. The average Bonchev–Trinajstić information content (AvgIpc) is 2.75.